The van der Waals surface area contributed by atoms with Gasteiger partial charge in [0.05, 0.1) is 6.61 Å². The zero-order valence-electron chi connectivity index (χ0n) is 9.43. The molecule has 17 heavy (non-hydrogen) atoms. The van der Waals surface area contributed by atoms with Crippen molar-refractivity contribution in [3.05, 3.63) is 29.8 Å². The van der Waals surface area contributed by atoms with Crippen LogP contribution >= 0.6 is 0 Å². The fourth-order valence-corrected chi connectivity index (χ4v) is 2.51. The number of fused-ring (bicyclic) bond motifs is 2. The summed E-state index contributed by atoms with van der Waals surface area (Å²) >= 11 is 0. The zero-order valence-corrected chi connectivity index (χ0v) is 9.43. The molecule has 2 aliphatic heterocycles. The molecule has 3 rings (SSSR count). The van der Waals surface area contributed by atoms with E-state index in [9.17, 15) is 4.79 Å². The van der Waals surface area contributed by atoms with Crippen molar-refractivity contribution in [3.8, 4) is 5.75 Å². The lowest BCUT2D eigenvalue weighted by Crippen LogP contribution is -2.47. The summed E-state index contributed by atoms with van der Waals surface area (Å²) in [5.74, 6) is 0.675. The molecule has 1 amide bonds. The SMILES string of the molecule is CC1COc2ccccc2C12N=C(N)NC2=O. The van der Waals surface area contributed by atoms with Crippen LogP contribution < -0.4 is 15.8 Å². The topological polar surface area (TPSA) is 76.7 Å². The summed E-state index contributed by atoms with van der Waals surface area (Å²) in [7, 11) is 0. The minimum Gasteiger partial charge on any atom is -0.493 e. The first kappa shape index (κ1) is 10.1. The van der Waals surface area contributed by atoms with E-state index >= 15 is 0 Å². The van der Waals surface area contributed by atoms with Crippen LogP contribution in [0.1, 0.15) is 12.5 Å². The van der Waals surface area contributed by atoms with Crippen molar-refractivity contribution in [2.75, 3.05) is 6.61 Å². The van der Waals surface area contributed by atoms with Crippen molar-refractivity contribution in [2.45, 2.75) is 12.5 Å². The summed E-state index contributed by atoms with van der Waals surface area (Å²) in [5, 5.41) is 2.58. The number of guanidine groups is 1. The van der Waals surface area contributed by atoms with Crippen LogP contribution in [-0.2, 0) is 10.3 Å². The Hall–Kier alpha value is -2.04. The Morgan fingerprint density at radius 2 is 2.29 bits per heavy atom. The smallest absolute Gasteiger partial charge is 0.259 e. The van der Waals surface area contributed by atoms with Crippen molar-refractivity contribution in [1.82, 2.24) is 5.32 Å². The molecule has 0 saturated heterocycles. The predicted octanol–water partition coefficient (Wildman–Crippen LogP) is 0.355. The number of nitrogens with two attached hydrogens (primary N) is 1. The number of nitrogens with zero attached hydrogens (tertiary/aromatic N) is 1. The summed E-state index contributed by atoms with van der Waals surface area (Å²) in [6.07, 6.45) is 0. The molecule has 0 aliphatic carbocycles. The molecule has 5 heteroatoms. The Bertz CT molecular complexity index is 526. The Kier molecular flexibility index (Phi) is 1.92. The van der Waals surface area contributed by atoms with E-state index in [-0.39, 0.29) is 17.8 Å². The average molecular weight is 231 g/mol. The number of aliphatic imine (C=N–C) groups is 1. The van der Waals surface area contributed by atoms with Crippen LogP contribution in [0.4, 0.5) is 0 Å². The summed E-state index contributed by atoms with van der Waals surface area (Å²) in [6.45, 7) is 2.40. The van der Waals surface area contributed by atoms with Gasteiger partial charge in [-0.2, -0.15) is 0 Å². The van der Waals surface area contributed by atoms with E-state index < -0.39 is 5.54 Å². The van der Waals surface area contributed by atoms with E-state index in [1.807, 2.05) is 31.2 Å². The second-order valence-corrected chi connectivity index (χ2v) is 4.43. The quantitative estimate of drug-likeness (QED) is 0.676. The highest BCUT2D eigenvalue weighted by Gasteiger charge is 2.52. The van der Waals surface area contributed by atoms with Gasteiger partial charge in [-0.15, -0.1) is 0 Å². The molecule has 1 spiro atoms. The molecule has 5 nitrogen and oxygen atoms in total. The first-order valence-corrected chi connectivity index (χ1v) is 5.53. The highest BCUT2D eigenvalue weighted by molar-refractivity contribution is 6.07. The molecule has 2 atom stereocenters. The molecule has 2 aliphatic rings. The van der Waals surface area contributed by atoms with Gasteiger partial charge in [0.2, 0.25) is 0 Å². The number of hydrogen-bond acceptors (Lipinski definition) is 4. The van der Waals surface area contributed by atoms with Crippen molar-refractivity contribution in [3.63, 3.8) is 0 Å². The molecular weight excluding hydrogens is 218 g/mol. The maximum atomic E-state index is 12.2. The van der Waals surface area contributed by atoms with Gasteiger partial charge in [0.15, 0.2) is 11.5 Å². The van der Waals surface area contributed by atoms with Gasteiger partial charge in [-0.05, 0) is 6.07 Å². The Morgan fingerprint density at radius 3 is 3.00 bits per heavy atom. The molecule has 2 heterocycles. The monoisotopic (exact) mass is 231 g/mol. The molecule has 88 valence electrons. The number of rotatable bonds is 0. The molecule has 0 aromatic heterocycles. The standard InChI is InChI=1S/C12H13N3O2/c1-7-6-17-9-5-3-2-4-8(9)12(7)10(16)14-11(13)15-12/h2-5,7H,6H2,1H3,(H3,13,14,15,16). The lowest BCUT2D eigenvalue weighted by Gasteiger charge is -2.36. The highest BCUT2D eigenvalue weighted by atomic mass is 16.5. The molecule has 0 fully saturated rings. The maximum absolute atomic E-state index is 12.2. The Balaban J connectivity index is 2.25. The summed E-state index contributed by atoms with van der Waals surface area (Å²) < 4.78 is 5.62. The molecule has 0 bridgehead atoms. The zero-order chi connectivity index (χ0) is 12.0. The molecule has 2 unspecified atom stereocenters. The maximum Gasteiger partial charge on any atom is 0.259 e. The van der Waals surface area contributed by atoms with Gasteiger partial charge in [0, 0.05) is 11.5 Å². The minimum atomic E-state index is -0.918. The lowest BCUT2D eigenvalue weighted by molar-refractivity contribution is -0.126. The lowest BCUT2D eigenvalue weighted by atomic mass is 9.77. The van der Waals surface area contributed by atoms with E-state index in [2.05, 4.69) is 10.3 Å². The van der Waals surface area contributed by atoms with Crippen molar-refractivity contribution < 1.29 is 9.53 Å². The fourth-order valence-electron chi connectivity index (χ4n) is 2.51. The third-order valence-corrected chi connectivity index (χ3v) is 3.38. The van der Waals surface area contributed by atoms with E-state index in [0.29, 0.717) is 12.4 Å². The third-order valence-electron chi connectivity index (χ3n) is 3.38. The molecule has 3 N–H and O–H groups in total. The number of carbonyl (C=O) groups is 1. The van der Waals surface area contributed by atoms with Crippen molar-refractivity contribution in [2.24, 2.45) is 16.6 Å². The second kappa shape index (κ2) is 3.23. The van der Waals surface area contributed by atoms with Gasteiger partial charge in [0.25, 0.3) is 5.91 Å². The average Bonchev–Trinajstić information content (AvgIpc) is 2.61. The third kappa shape index (κ3) is 1.19. The van der Waals surface area contributed by atoms with Gasteiger partial charge >= 0.3 is 0 Å². The largest absolute Gasteiger partial charge is 0.493 e. The Labute approximate surface area is 98.7 Å². The van der Waals surface area contributed by atoms with Crippen LogP contribution in [0.2, 0.25) is 0 Å². The molecule has 0 radical (unpaired) electrons. The number of hydrogen-bond donors (Lipinski definition) is 2. The highest BCUT2D eigenvalue weighted by Crippen LogP contribution is 2.44. The molecule has 1 aromatic carbocycles. The number of amides is 1. The van der Waals surface area contributed by atoms with Crippen LogP contribution in [0.5, 0.6) is 5.75 Å². The number of ether oxygens (including phenoxy) is 1. The molecule has 0 saturated carbocycles. The van der Waals surface area contributed by atoms with Crippen LogP contribution in [0, 0.1) is 5.92 Å². The predicted molar refractivity (Wildman–Crippen MR) is 62.5 cm³/mol. The van der Waals surface area contributed by atoms with Gasteiger partial charge < -0.3 is 10.5 Å². The fraction of sp³-hybridized carbons (Fsp3) is 0.333. The van der Waals surface area contributed by atoms with Gasteiger partial charge in [-0.3, -0.25) is 10.1 Å². The first-order chi connectivity index (χ1) is 8.14. The molecular formula is C12H13N3O2. The Morgan fingerprint density at radius 1 is 1.53 bits per heavy atom. The number of para-hydroxylation sites is 1. The number of nitrogens with one attached hydrogen (secondary N) is 1. The normalized spacial score (nSPS) is 30.5. The van der Waals surface area contributed by atoms with Gasteiger partial charge in [-0.1, -0.05) is 25.1 Å². The van der Waals surface area contributed by atoms with E-state index in [1.165, 1.54) is 0 Å². The molecule has 1 aromatic rings. The first-order valence-electron chi connectivity index (χ1n) is 5.53. The van der Waals surface area contributed by atoms with Crippen LogP contribution in [0.15, 0.2) is 29.3 Å². The van der Waals surface area contributed by atoms with Gasteiger partial charge in [-0.25, -0.2) is 4.99 Å². The van der Waals surface area contributed by atoms with E-state index in [0.717, 1.165) is 5.56 Å². The summed E-state index contributed by atoms with van der Waals surface area (Å²) in [5.41, 5.74) is 5.50. The van der Waals surface area contributed by atoms with Crippen LogP contribution in [-0.4, -0.2) is 18.5 Å². The summed E-state index contributed by atoms with van der Waals surface area (Å²) in [4.78, 5) is 16.5. The van der Waals surface area contributed by atoms with Crippen LogP contribution in [0.3, 0.4) is 0 Å². The van der Waals surface area contributed by atoms with E-state index in [1.54, 1.807) is 0 Å². The second-order valence-electron chi connectivity index (χ2n) is 4.43. The number of carbonyl (C=O) groups excluding carboxylic acids is 1. The van der Waals surface area contributed by atoms with Crippen molar-refractivity contribution >= 4 is 11.9 Å². The number of benzene rings is 1. The van der Waals surface area contributed by atoms with E-state index in [4.69, 9.17) is 10.5 Å². The van der Waals surface area contributed by atoms with Crippen LogP contribution in [0.25, 0.3) is 0 Å². The van der Waals surface area contributed by atoms with Crippen molar-refractivity contribution in [1.29, 1.82) is 0 Å². The summed E-state index contributed by atoms with van der Waals surface area (Å²) in [6, 6.07) is 7.47. The minimum absolute atomic E-state index is 0.0431. The van der Waals surface area contributed by atoms with Gasteiger partial charge in [0.1, 0.15) is 5.75 Å².